The normalized spacial score (nSPS) is 16.7. The fourth-order valence-electron chi connectivity index (χ4n) is 0.311. The van der Waals surface area contributed by atoms with Crippen LogP contribution in [0.2, 0.25) is 0 Å². The van der Waals surface area contributed by atoms with E-state index in [-0.39, 0.29) is 6.42 Å². The molecule has 9 heavy (non-hydrogen) atoms. The molecular formula is C4H7ClO3S. The Morgan fingerprint density at radius 1 is 1.89 bits per heavy atom. The molecule has 0 radical (unpaired) electrons. The first-order valence-electron chi connectivity index (χ1n) is 2.32. The zero-order chi connectivity index (χ0) is 7.44. The van der Waals surface area contributed by atoms with Crippen molar-refractivity contribution in [3.05, 3.63) is 0 Å². The molecule has 0 aromatic carbocycles. The van der Waals surface area contributed by atoms with E-state index in [2.05, 4.69) is 0 Å². The van der Waals surface area contributed by atoms with E-state index in [9.17, 15) is 9.00 Å². The summed E-state index contributed by atoms with van der Waals surface area (Å²) in [5.74, 6) is -0.975. The van der Waals surface area contributed by atoms with Crippen LogP contribution in [-0.2, 0) is 14.8 Å². The van der Waals surface area contributed by atoms with E-state index >= 15 is 0 Å². The van der Waals surface area contributed by atoms with Gasteiger partial charge in [0.25, 0.3) is 0 Å². The van der Waals surface area contributed by atoms with Crippen molar-refractivity contribution in [3.8, 4) is 0 Å². The number of rotatable bonds is 3. The molecule has 5 heteroatoms. The summed E-state index contributed by atoms with van der Waals surface area (Å²) in [7, 11) is 3.54. The number of carboxylic acids is 1. The van der Waals surface area contributed by atoms with Crippen molar-refractivity contribution in [2.24, 2.45) is 0 Å². The smallest absolute Gasteiger partial charge is 0.304 e. The molecule has 0 bridgehead atoms. The van der Waals surface area contributed by atoms with Gasteiger partial charge in [-0.2, -0.15) is 0 Å². The van der Waals surface area contributed by atoms with Crippen LogP contribution in [0.25, 0.3) is 0 Å². The van der Waals surface area contributed by atoms with E-state index in [4.69, 9.17) is 15.8 Å². The fourth-order valence-corrected chi connectivity index (χ4v) is 0.774. The maximum Gasteiger partial charge on any atom is 0.304 e. The zero-order valence-electron chi connectivity index (χ0n) is 4.83. The highest BCUT2D eigenvalue weighted by Gasteiger charge is 2.11. The monoisotopic (exact) mass is 170 g/mol. The molecule has 0 saturated carbocycles. The topological polar surface area (TPSA) is 54.4 Å². The highest BCUT2D eigenvalue weighted by atomic mass is 35.7. The van der Waals surface area contributed by atoms with Crippen molar-refractivity contribution in [2.75, 3.05) is 0 Å². The quantitative estimate of drug-likeness (QED) is 0.636. The molecule has 2 atom stereocenters. The Hall–Kier alpha value is -0.0900. The van der Waals surface area contributed by atoms with Crippen LogP contribution in [0.3, 0.4) is 0 Å². The van der Waals surface area contributed by atoms with Gasteiger partial charge in [-0.15, -0.1) is 0 Å². The summed E-state index contributed by atoms with van der Waals surface area (Å²) in [5, 5.41) is 7.67. The van der Waals surface area contributed by atoms with Gasteiger partial charge in [0.05, 0.1) is 11.7 Å². The maximum absolute atomic E-state index is 10.3. The van der Waals surface area contributed by atoms with Gasteiger partial charge in [0.15, 0.2) is 0 Å². The van der Waals surface area contributed by atoms with Gasteiger partial charge in [-0.25, -0.2) is 4.21 Å². The van der Waals surface area contributed by atoms with Crippen molar-refractivity contribution < 1.29 is 14.1 Å². The average molecular weight is 171 g/mol. The van der Waals surface area contributed by atoms with Gasteiger partial charge in [-0.3, -0.25) is 4.79 Å². The molecule has 0 fully saturated rings. The van der Waals surface area contributed by atoms with Gasteiger partial charge in [0.1, 0.15) is 10.0 Å². The van der Waals surface area contributed by atoms with Gasteiger partial charge in [0.2, 0.25) is 0 Å². The van der Waals surface area contributed by atoms with Gasteiger partial charge >= 0.3 is 5.97 Å². The number of aliphatic carboxylic acids is 1. The van der Waals surface area contributed by atoms with E-state index in [1.165, 1.54) is 6.92 Å². The molecule has 0 amide bonds. The van der Waals surface area contributed by atoms with Crippen molar-refractivity contribution in [1.82, 2.24) is 0 Å². The molecular weight excluding hydrogens is 164 g/mol. The van der Waals surface area contributed by atoms with Crippen LogP contribution >= 0.6 is 10.7 Å². The molecule has 0 spiro atoms. The van der Waals surface area contributed by atoms with E-state index in [1.807, 2.05) is 0 Å². The fraction of sp³-hybridized carbons (Fsp3) is 0.750. The SMILES string of the molecule is CC(CC(=O)O)S(=O)Cl. The second kappa shape index (κ2) is 3.85. The lowest BCUT2D eigenvalue weighted by Crippen LogP contribution is -2.11. The van der Waals surface area contributed by atoms with Crippen LogP contribution in [0, 0.1) is 0 Å². The van der Waals surface area contributed by atoms with Crippen LogP contribution in [0.1, 0.15) is 13.3 Å². The van der Waals surface area contributed by atoms with Crippen LogP contribution in [-0.4, -0.2) is 20.5 Å². The summed E-state index contributed by atoms with van der Waals surface area (Å²) in [6, 6.07) is 0. The lowest BCUT2D eigenvalue weighted by Gasteiger charge is -1.99. The van der Waals surface area contributed by atoms with E-state index in [0.29, 0.717) is 0 Å². The molecule has 0 aliphatic carbocycles. The van der Waals surface area contributed by atoms with Gasteiger partial charge in [-0.05, 0) is 17.6 Å². The lowest BCUT2D eigenvalue weighted by atomic mass is 10.3. The number of hydrogen-bond acceptors (Lipinski definition) is 2. The Labute approximate surface area is 60.0 Å². The minimum Gasteiger partial charge on any atom is -0.481 e. The van der Waals surface area contributed by atoms with E-state index in [1.54, 1.807) is 0 Å². The Bertz CT molecular complexity index is 136. The summed E-state index contributed by atoms with van der Waals surface area (Å²) in [5.41, 5.74) is 0. The molecule has 0 aliphatic heterocycles. The van der Waals surface area contributed by atoms with Crippen LogP contribution in [0.15, 0.2) is 0 Å². The summed E-state index contributed by atoms with van der Waals surface area (Å²) < 4.78 is 10.3. The summed E-state index contributed by atoms with van der Waals surface area (Å²) in [6.45, 7) is 1.53. The molecule has 2 unspecified atom stereocenters. The third-order valence-electron chi connectivity index (χ3n) is 0.778. The molecule has 0 aromatic heterocycles. The minimum absolute atomic E-state index is 0.143. The van der Waals surface area contributed by atoms with Crippen LogP contribution in [0.5, 0.6) is 0 Å². The van der Waals surface area contributed by atoms with E-state index in [0.717, 1.165) is 0 Å². The Kier molecular flexibility index (Phi) is 3.81. The maximum atomic E-state index is 10.3. The Morgan fingerprint density at radius 3 is 2.44 bits per heavy atom. The predicted molar refractivity (Wildman–Crippen MR) is 35.7 cm³/mol. The number of carbonyl (C=O) groups is 1. The standard InChI is InChI=1S/C4H7ClO3S/c1-3(9(5)8)2-4(6)7/h3H,2H2,1H3,(H,6,7). The second-order valence-electron chi connectivity index (χ2n) is 1.66. The largest absolute Gasteiger partial charge is 0.481 e. The van der Waals surface area contributed by atoms with Crippen molar-refractivity contribution in [1.29, 1.82) is 0 Å². The molecule has 0 rings (SSSR count). The summed E-state index contributed by atoms with van der Waals surface area (Å²) in [6.07, 6.45) is -0.143. The first-order chi connectivity index (χ1) is 4.04. The minimum atomic E-state index is -1.54. The zero-order valence-corrected chi connectivity index (χ0v) is 6.41. The number of hydrogen-bond donors (Lipinski definition) is 1. The second-order valence-corrected chi connectivity index (χ2v) is 3.87. The molecule has 0 aliphatic rings. The van der Waals surface area contributed by atoms with Crippen molar-refractivity contribution >= 4 is 26.7 Å². The third kappa shape index (κ3) is 4.42. The number of halogens is 1. The first kappa shape index (κ1) is 8.91. The van der Waals surface area contributed by atoms with Crippen molar-refractivity contribution in [2.45, 2.75) is 18.6 Å². The lowest BCUT2D eigenvalue weighted by molar-refractivity contribution is -0.136. The summed E-state index contributed by atoms with van der Waals surface area (Å²) >= 11 is 0. The van der Waals surface area contributed by atoms with E-state index < -0.39 is 21.2 Å². The highest BCUT2D eigenvalue weighted by molar-refractivity contribution is 8.08. The molecule has 3 nitrogen and oxygen atoms in total. The first-order valence-corrected chi connectivity index (χ1v) is 4.36. The van der Waals surface area contributed by atoms with Crippen molar-refractivity contribution in [3.63, 3.8) is 0 Å². The van der Waals surface area contributed by atoms with Crippen LogP contribution < -0.4 is 0 Å². The highest BCUT2D eigenvalue weighted by Crippen LogP contribution is 2.04. The molecule has 0 saturated heterocycles. The molecule has 0 heterocycles. The number of carboxylic acid groups (broad SMARTS) is 1. The Morgan fingerprint density at radius 2 is 2.33 bits per heavy atom. The van der Waals surface area contributed by atoms with Gasteiger partial charge in [0, 0.05) is 0 Å². The summed E-state index contributed by atoms with van der Waals surface area (Å²) in [4.78, 5) is 9.92. The van der Waals surface area contributed by atoms with Crippen LogP contribution in [0.4, 0.5) is 0 Å². The van der Waals surface area contributed by atoms with Gasteiger partial charge in [-0.1, -0.05) is 0 Å². The third-order valence-corrected chi connectivity index (χ3v) is 2.49. The molecule has 1 N–H and O–H groups in total. The molecule has 0 aromatic rings. The Balaban J connectivity index is 3.63. The predicted octanol–water partition coefficient (Wildman–Crippen LogP) is 0.752. The molecule has 54 valence electrons. The average Bonchev–Trinajstić information content (AvgIpc) is 1.63. The van der Waals surface area contributed by atoms with Gasteiger partial charge < -0.3 is 5.11 Å².